The Bertz CT molecular complexity index is 340. The Morgan fingerprint density at radius 2 is 2.62 bits per heavy atom. The van der Waals surface area contributed by atoms with Gasteiger partial charge < -0.3 is 10.2 Å². The van der Waals surface area contributed by atoms with Crippen molar-refractivity contribution in [3.05, 3.63) is 22.4 Å². The lowest BCUT2D eigenvalue weighted by Crippen LogP contribution is -2.38. The largest absolute Gasteiger partial charge is 0.333 e. The molecule has 1 aromatic heterocycles. The fourth-order valence-electron chi connectivity index (χ4n) is 1.79. The van der Waals surface area contributed by atoms with Crippen molar-refractivity contribution in [2.45, 2.75) is 18.2 Å². The first kappa shape index (κ1) is 11.8. The molecule has 5 heteroatoms. The summed E-state index contributed by atoms with van der Waals surface area (Å²) in [6.45, 7) is 2.43. The number of likely N-dealkylation sites (tertiary alicyclic amines) is 1. The molecule has 0 saturated carbocycles. The lowest BCUT2D eigenvalue weighted by atomic mass is 10.4. The van der Waals surface area contributed by atoms with E-state index in [4.69, 9.17) is 0 Å². The van der Waals surface area contributed by atoms with Crippen molar-refractivity contribution in [3.8, 4) is 0 Å². The van der Waals surface area contributed by atoms with Crippen molar-refractivity contribution in [1.82, 2.24) is 10.2 Å². The Balaban J connectivity index is 1.76. The van der Waals surface area contributed by atoms with Gasteiger partial charge in [0, 0.05) is 23.2 Å². The highest BCUT2D eigenvalue weighted by atomic mass is 32.2. The predicted molar refractivity (Wildman–Crippen MR) is 70.0 cm³/mol. The molecule has 1 saturated heterocycles. The molecule has 88 valence electrons. The van der Waals surface area contributed by atoms with Gasteiger partial charge in [0.1, 0.15) is 0 Å². The molecule has 3 nitrogen and oxygen atoms in total. The second-order valence-corrected chi connectivity index (χ2v) is 6.00. The zero-order chi connectivity index (χ0) is 11.4. The van der Waals surface area contributed by atoms with Crippen LogP contribution in [-0.4, -0.2) is 35.5 Å². The average Bonchev–Trinajstić information content (AvgIpc) is 2.96. The van der Waals surface area contributed by atoms with Crippen LogP contribution in [0.2, 0.25) is 0 Å². The lowest BCUT2D eigenvalue weighted by Gasteiger charge is -2.16. The quantitative estimate of drug-likeness (QED) is 0.900. The summed E-state index contributed by atoms with van der Waals surface area (Å²) < 4.78 is 0. The molecule has 1 aliphatic rings. The first-order valence-corrected chi connectivity index (χ1v) is 7.54. The van der Waals surface area contributed by atoms with Gasteiger partial charge in [-0.2, -0.15) is 11.8 Å². The SMILES string of the molecule is CS[C@H]1CCN(C(=O)NCc2cccs2)C1. The standard InChI is InChI=1S/C11H16N2OS2/c1-15-10-4-5-13(8-10)11(14)12-7-9-3-2-6-16-9/h2-3,6,10H,4-5,7-8H2,1H3,(H,12,14)/t10-/m0/s1. The number of amides is 2. The number of carbonyl (C=O) groups excluding carboxylic acids is 1. The van der Waals surface area contributed by atoms with E-state index in [2.05, 4.69) is 11.6 Å². The van der Waals surface area contributed by atoms with E-state index in [1.165, 1.54) is 4.88 Å². The Labute approximate surface area is 104 Å². The van der Waals surface area contributed by atoms with Gasteiger partial charge in [-0.25, -0.2) is 4.79 Å². The van der Waals surface area contributed by atoms with Crippen LogP contribution in [0.25, 0.3) is 0 Å². The van der Waals surface area contributed by atoms with Crippen LogP contribution in [0, 0.1) is 0 Å². The highest BCUT2D eigenvalue weighted by Crippen LogP contribution is 2.20. The number of nitrogens with one attached hydrogen (secondary N) is 1. The minimum Gasteiger partial charge on any atom is -0.333 e. The number of thiophene rings is 1. The zero-order valence-corrected chi connectivity index (χ0v) is 10.9. The number of hydrogen-bond acceptors (Lipinski definition) is 3. The van der Waals surface area contributed by atoms with Crippen LogP contribution in [-0.2, 0) is 6.54 Å². The third-order valence-electron chi connectivity index (χ3n) is 2.76. The van der Waals surface area contributed by atoms with E-state index in [0.29, 0.717) is 11.8 Å². The fourth-order valence-corrected chi connectivity index (χ4v) is 3.11. The molecule has 0 spiro atoms. The summed E-state index contributed by atoms with van der Waals surface area (Å²) in [6.07, 6.45) is 3.23. The molecule has 1 atom stereocenters. The zero-order valence-electron chi connectivity index (χ0n) is 9.31. The van der Waals surface area contributed by atoms with E-state index in [9.17, 15) is 4.79 Å². The van der Waals surface area contributed by atoms with Crippen molar-refractivity contribution in [1.29, 1.82) is 0 Å². The smallest absolute Gasteiger partial charge is 0.317 e. The van der Waals surface area contributed by atoms with Gasteiger partial charge in [0.2, 0.25) is 0 Å². The summed E-state index contributed by atoms with van der Waals surface area (Å²) in [6, 6.07) is 4.12. The van der Waals surface area contributed by atoms with Gasteiger partial charge in [-0.15, -0.1) is 11.3 Å². The highest BCUT2D eigenvalue weighted by Gasteiger charge is 2.25. The molecule has 0 bridgehead atoms. The monoisotopic (exact) mass is 256 g/mol. The number of urea groups is 1. The highest BCUT2D eigenvalue weighted by molar-refractivity contribution is 7.99. The molecule has 0 aliphatic carbocycles. The minimum atomic E-state index is 0.0740. The van der Waals surface area contributed by atoms with E-state index in [0.717, 1.165) is 19.5 Å². The molecule has 2 heterocycles. The minimum absolute atomic E-state index is 0.0740. The van der Waals surface area contributed by atoms with Crippen molar-refractivity contribution >= 4 is 29.1 Å². The summed E-state index contributed by atoms with van der Waals surface area (Å²) in [4.78, 5) is 14.9. The van der Waals surface area contributed by atoms with Crippen molar-refractivity contribution in [3.63, 3.8) is 0 Å². The van der Waals surface area contributed by atoms with E-state index in [1.807, 2.05) is 34.2 Å². The number of rotatable bonds is 3. The van der Waals surface area contributed by atoms with E-state index >= 15 is 0 Å². The van der Waals surface area contributed by atoms with Crippen molar-refractivity contribution in [2.75, 3.05) is 19.3 Å². The van der Waals surface area contributed by atoms with Crippen LogP contribution in [0.4, 0.5) is 4.79 Å². The van der Waals surface area contributed by atoms with Gasteiger partial charge >= 0.3 is 6.03 Å². The van der Waals surface area contributed by atoms with Crippen LogP contribution in [0.15, 0.2) is 17.5 Å². The molecular weight excluding hydrogens is 240 g/mol. The number of nitrogens with zero attached hydrogens (tertiary/aromatic N) is 1. The Morgan fingerprint density at radius 3 is 3.25 bits per heavy atom. The third-order valence-corrected chi connectivity index (χ3v) is 4.69. The van der Waals surface area contributed by atoms with Crippen molar-refractivity contribution < 1.29 is 4.79 Å². The summed E-state index contributed by atoms with van der Waals surface area (Å²) in [7, 11) is 0. The number of carbonyl (C=O) groups is 1. The molecular formula is C11H16N2OS2. The van der Waals surface area contributed by atoms with Crippen LogP contribution in [0.1, 0.15) is 11.3 Å². The number of thioether (sulfide) groups is 1. The van der Waals surface area contributed by atoms with Crippen LogP contribution in [0.5, 0.6) is 0 Å². The maximum atomic E-state index is 11.8. The summed E-state index contributed by atoms with van der Waals surface area (Å²) in [5, 5.41) is 5.61. The Morgan fingerprint density at radius 1 is 1.75 bits per heavy atom. The summed E-state index contributed by atoms with van der Waals surface area (Å²) in [5.74, 6) is 0. The van der Waals surface area contributed by atoms with E-state index < -0.39 is 0 Å². The maximum absolute atomic E-state index is 11.8. The molecule has 2 amide bonds. The van der Waals surface area contributed by atoms with Crippen LogP contribution < -0.4 is 5.32 Å². The topological polar surface area (TPSA) is 32.3 Å². The molecule has 1 N–H and O–H groups in total. The molecule has 0 radical (unpaired) electrons. The molecule has 0 unspecified atom stereocenters. The molecule has 16 heavy (non-hydrogen) atoms. The molecule has 1 fully saturated rings. The van der Waals surface area contributed by atoms with Gasteiger partial charge in [0.05, 0.1) is 6.54 Å². The van der Waals surface area contributed by atoms with Crippen LogP contribution >= 0.6 is 23.1 Å². The lowest BCUT2D eigenvalue weighted by molar-refractivity contribution is 0.208. The van der Waals surface area contributed by atoms with Gasteiger partial charge in [-0.3, -0.25) is 0 Å². The molecule has 0 aromatic carbocycles. The predicted octanol–water partition coefficient (Wildman–Crippen LogP) is 2.40. The average molecular weight is 256 g/mol. The molecule has 2 rings (SSSR count). The van der Waals surface area contributed by atoms with Crippen LogP contribution in [0.3, 0.4) is 0 Å². The maximum Gasteiger partial charge on any atom is 0.317 e. The molecule has 1 aliphatic heterocycles. The van der Waals surface area contributed by atoms with Crippen molar-refractivity contribution in [2.24, 2.45) is 0 Å². The molecule has 1 aromatic rings. The fraction of sp³-hybridized carbons (Fsp3) is 0.545. The van der Waals surface area contributed by atoms with Gasteiger partial charge in [0.15, 0.2) is 0 Å². The Kier molecular flexibility index (Phi) is 4.12. The summed E-state index contributed by atoms with van der Waals surface area (Å²) >= 11 is 3.52. The number of hydrogen-bond donors (Lipinski definition) is 1. The van der Waals surface area contributed by atoms with E-state index in [-0.39, 0.29) is 6.03 Å². The Hall–Kier alpha value is -0.680. The first-order valence-electron chi connectivity index (χ1n) is 5.37. The second-order valence-electron chi connectivity index (χ2n) is 3.83. The van der Waals surface area contributed by atoms with Gasteiger partial charge in [0.25, 0.3) is 0 Å². The van der Waals surface area contributed by atoms with Gasteiger partial charge in [-0.1, -0.05) is 6.07 Å². The summed E-state index contributed by atoms with van der Waals surface area (Å²) in [5.41, 5.74) is 0. The second kappa shape index (κ2) is 5.59. The van der Waals surface area contributed by atoms with E-state index in [1.54, 1.807) is 11.3 Å². The first-order chi connectivity index (χ1) is 7.79. The third kappa shape index (κ3) is 2.92. The normalized spacial score (nSPS) is 20.1. The van der Waals surface area contributed by atoms with Gasteiger partial charge in [-0.05, 0) is 24.1 Å².